The minimum Gasteiger partial charge on any atom is -0.326 e. The predicted octanol–water partition coefficient (Wildman–Crippen LogP) is 2.89. The molecule has 1 aliphatic heterocycles. The van der Waals surface area contributed by atoms with Crippen LogP contribution < -0.4 is 5.32 Å². The van der Waals surface area contributed by atoms with Gasteiger partial charge in [-0.3, -0.25) is 19.5 Å². The maximum absolute atomic E-state index is 12.2. The van der Waals surface area contributed by atoms with Crippen molar-refractivity contribution in [3.63, 3.8) is 0 Å². The number of nitrogens with one attached hydrogen (secondary N) is 1. The number of anilines is 1. The van der Waals surface area contributed by atoms with E-state index in [0.717, 1.165) is 0 Å². The highest BCUT2D eigenvalue weighted by molar-refractivity contribution is 8.15. The van der Waals surface area contributed by atoms with E-state index in [9.17, 15) is 18.4 Å². The lowest BCUT2D eigenvalue weighted by molar-refractivity contribution is -0.127. The summed E-state index contributed by atoms with van der Waals surface area (Å²) in [4.78, 5) is 29.8. The van der Waals surface area contributed by atoms with Crippen LogP contribution in [0.5, 0.6) is 0 Å². The highest BCUT2D eigenvalue weighted by Gasteiger charge is 2.36. The van der Waals surface area contributed by atoms with Crippen molar-refractivity contribution in [1.29, 1.82) is 0 Å². The number of benzene rings is 1. The molecule has 1 atom stereocenters. The fraction of sp³-hybridized carbons (Fsp3) is 0.357. The Kier molecular flexibility index (Phi) is 6.00. The Morgan fingerprint density at radius 3 is 2.61 bits per heavy atom. The molecule has 0 aliphatic carbocycles. The van der Waals surface area contributed by atoms with E-state index in [1.54, 1.807) is 26.2 Å². The molecule has 0 aromatic heterocycles. The maximum atomic E-state index is 12.2. The lowest BCUT2D eigenvalue weighted by Gasteiger charge is -2.09. The number of hydrogen-bond donors (Lipinski definition) is 1. The Morgan fingerprint density at radius 2 is 2.09 bits per heavy atom. The largest absolute Gasteiger partial charge is 0.326 e. The van der Waals surface area contributed by atoms with Crippen molar-refractivity contribution in [3.05, 3.63) is 24.3 Å². The van der Waals surface area contributed by atoms with Crippen LogP contribution in [0, 0.1) is 0 Å². The third kappa shape index (κ3) is 4.68. The summed E-state index contributed by atoms with van der Waals surface area (Å²) in [6, 6.07) is 6.13. The topological polar surface area (TPSA) is 61.8 Å². The molecular weight excluding hydrogens is 344 g/mol. The molecule has 1 aliphatic rings. The van der Waals surface area contributed by atoms with Crippen molar-refractivity contribution in [1.82, 2.24) is 4.90 Å². The quantitative estimate of drug-likeness (QED) is 0.821. The van der Waals surface area contributed by atoms with Gasteiger partial charge in [0.1, 0.15) is 5.25 Å². The zero-order valence-corrected chi connectivity index (χ0v) is 14.1. The van der Waals surface area contributed by atoms with E-state index in [4.69, 9.17) is 0 Å². The Balaban J connectivity index is 1.91. The fourth-order valence-electron chi connectivity index (χ4n) is 2.00. The van der Waals surface area contributed by atoms with Crippen molar-refractivity contribution < 1.29 is 18.4 Å². The van der Waals surface area contributed by atoms with Gasteiger partial charge in [0.25, 0.3) is 5.76 Å². The normalized spacial score (nSPS) is 19.7. The van der Waals surface area contributed by atoms with Crippen molar-refractivity contribution in [2.24, 2.45) is 4.99 Å². The van der Waals surface area contributed by atoms with E-state index < -0.39 is 11.0 Å². The smallest absolute Gasteiger partial charge is 0.288 e. The molecule has 0 saturated carbocycles. The summed E-state index contributed by atoms with van der Waals surface area (Å²) in [5, 5.41) is 2.75. The summed E-state index contributed by atoms with van der Waals surface area (Å²) < 4.78 is 24.5. The number of hydrogen-bond acceptors (Lipinski definition) is 5. The summed E-state index contributed by atoms with van der Waals surface area (Å²) in [7, 11) is 3.21. The Hall–Kier alpha value is -1.61. The van der Waals surface area contributed by atoms with Crippen LogP contribution in [0.2, 0.25) is 0 Å². The van der Waals surface area contributed by atoms with Gasteiger partial charge < -0.3 is 5.32 Å². The first-order chi connectivity index (χ1) is 10.9. The lowest BCUT2D eigenvalue weighted by atomic mass is 10.2. The van der Waals surface area contributed by atoms with E-state index in [1.807, 2.05) is 0 Å². The number of aliphatic imine (C=N–C) groups is 1. The molecule has 23 heavy (non-hydrogen) atoms. The minimum absolute atomic E-state index is 0.0282. The molecule has 0 bridgehead atoms. The molecule has 0 spiro atoms. The van der Waals surface area contributed by atoms with Gasteiger partial charge in [0.05, 0.1) is 0 Å². The number of amidine groups is 1. The highest BCUT2D eigenvalue weighted by atomic mass is 32.2. The highest BCUT2D eigenvalue weighted by Crippen LogP contribution is 2.29. The number of rotatable bonds is 5. The molecule has 9 heteroatoms. The second-order valence-electron chi connectivity index (χ2n) is 4.67. The first-order valence-electron chi connectivity index (χ1n) is 6.66. The van der Waals surface area contributed by atoms with E-state index >= 15 is 0 Å². The van der Waals surface area contributed by atoms with Gasteiger partial charge in [-0.1, -0.05) is 23.5 Å². The average molecular weight is 359 g/mol. The number of halogens is 2. The van der Waals surface area contributed by atoms with Crippen molar-refractivity contribution in [2.75, 3.05) is 19.4 Å². The number of carbonyl (C=O) groups excluding carboxylic acids is 2. The van der Waals surface area contributed by atoms with Crippen LogP contribution in [0.3, 0.4) is 0 Å². The van der Waals surface area contributed by atoms with Crippen molar-refractivity contribution >= 4 is 46.2 Å². The first-order valence-corrected chi connectivity index (χ1v) is 8.42. The van der Waals surface area contributed by atoms with Gasteiger partial charge in [-0.05, 0) is 24.3 Å². The molecule has 2 rings (SSSR count). The second kappa shape index (κ2) is 7.78. The summed E-state index contributed by atoms with van der Waals surface area (Å²) >= 11 is 1.70. The Bertz CT molecular complexity index is 623. The van der Waals surface area contributed by atoms with Gasteiger partial charge in [-0.25, -0.2) is 0 Å². The fourth-order valence-corrected chi connectivity index (χ4v) is 3.60. The van der Waals surface area contributed by atoms with Crippen molar-refractivity contribution in [3.8, 4) is 0 Å². The average Bonchev–Trinajstić information content (AvgIpc) is 2.76. The summed E-state index contributed by atoms with van der Waals surface area (Å²) in [5.74, 6) is -2.95. The van der Waals surface area contributed by atoms with Gasteiger partial charge in [-0.2, -0.15) is 8.78 Å². The van der Waals surface area contributed by atoms with Crippen LogP contribution in [0.1, 0.15) is 6.42 Å². The van der Waals surface area contributed by atoms with E-state index in [2.05, 4.69) is 10.3 Å². The van der Waals surface area contributed by atoms with Crippen LogP contribution in [-0.2, 0) is 9.59 Å². The zero-order valence-electron chi connectivity index (χ0n) is 12.5. The molecule has 1 N–H and O–H groups in total. The van der Waals surface area contributed by atoms with Gasteiger partial charge in [0, 0.05) is 31.1 Å². The zero-order chi connectivity index (χ0) is 17.0. The third-order valence-electron chi connectivity index (χ3n) is 3.07. The molecule has 1 heterocycles. The van der Waals surface area contributed by atoms with Crippen LogP contribution in [0.25, 0.3) is 0 Å². The molecular formula is C14H15F2N3O2S2. The third-order valence-corrected chi connectivity index (χ3v) is 5.11. The molecule has 0 unspecified atom stereocenters. The van der Waals surface area contributed by atoms with Gasteiger partial charge in [-0.15, -0.1) is 0 Å². The van der Waals surface area contributed by atoms with Crippen LogP contribution in [-0.4, -0.2) is 47.0 Å². The summed E-state index contributed by atoms with van der Waals surface area (Å²) in [6.45, 7) is 0. The van der Waals surface area contributed by atoms with E-state index in [-0.39, 0.29) is 18.2 Å². The molecule has 1 fully saturated rings. The first kappa shape index (κ1) is 17.7. The number of nitrogens with zero attached hydrogens (tertiary/aromatic N) is 2. The predicted molar refractivity (Wildman–Crippen MR) is 89.1 cm³/mol. The molecule has 5 nitrogen and oxygen atoms in total. The van der Waals surface area contributed by atoms with Gasteiger partial charge >= 0.3 is 0 Å². The molecule has 1 saturated heterocycles. The molecule has 1 aromatic rings. The summed E-state index contributed by atoms with van der Waals surface area (Å²) in [5.41, 5.74) is 0.502. The molecule has 124 valence electrons. The molecule has 1 aromatic carbocycles. The van der Waals surface area contributed by atoms with Gasteiger partial charge in [0.2, 0.25) is 11.8 Å². The lowest BCUT2D eigenvalue weighted by Crippen LogP contribution is -2.30. The van der Waals surface area contributed by atoms with E-state index in [0.29, 0.717) is 27.5 Å². The van der Waals surface area contributed by atoms with E-state index in [1.165, 1.54) is 28.8 Å². The Labute approximate surface area is 140 Å². The van der Waals surface area contributed by atoms with Crippen LogP contribution >= 0.6 is 23.5 Å². The number of carbonyl (C=O) groups is 2. The number of thioether (sulfide) groups is 2. The molecule has 0 radical (unpaired) electrons. The summed E-state index contributed by atoms with van der Waals surface area (Å²) in [6.07, 6.45) is 0.0282. The SMILES string of the molecule is CN=C1S[C@H](CC(=O)Nc2ccc(SC(F)F)cc2)C(=O)N1C. The number of amides is 2. The minimum atomic E-state index is -2.48. The van der Waals surface area contributed by atoms with Crippen LogP contribution in [0.4, 0.5) is 14.5 Å². The van der Waals surface area contributed by atoms with Gasteiger partial charge in [0.15, 0.2) is 5.17 Å². The maximum Gasteiger partial charge on any atom is 0.288 e. The van der Waals surface area contributed by atoms with Crippen molar-refractivity contribution in [2.45, 2.75) is 22.3 Å². The Morgan fingerprint density at radius 1 is 1.43 bits per heavy atom. The monoisotopic (exact) mass is 359 g/mol. The van der Waals surface area contributed by atoms with Crippen LogP contribution in [0.15, 0.2) is 34.2 Å². The number of alkyl halides is 2. The standard InChI is InChI=1S/C14H15F2N3O2S2/c1-17-14-19(2)12(21)10(23-14)7-11(20)18-8-3-5-9(6-4-8)22-13(15)16/h3-6,10,13H,7H2,1-2H3,(H,18,20)/t10-/m1/s1. The second-order valence-corrected chi connectivity index (χ2v) is 6.90. The molecule has 2 amide bonds.